The van der Waals surface area contributed by atoms with Gasteiger partial charge in [0.15, 0.2) is 0 Å². The third-order valence-electron chi connectivity index (χ3n) is 3.35. The standard InChI is InChI=1S/C15H22N2O2/c1-2-19-14-8-6-12(7-9-14)15(18)17-11-13-5-3-4-10-16-13/h6-9,13,16H,2-5,10-11H2,1H3,(H,17,18). The molecule has 1 unspecified atom stereocenters. The molecule has 4 heteroatoms. The normalized spacial score (nSPS) is 18.9. The van der Waals surface area contributed by atoms with Crippen LogP contribution in [0.2, 0.25) is 0 Å². The van der Waals surface area contributed by atoms with Gasteiger partial charge in [0.05, 0.1) is 6.61 Å². The molecule has 0 radical (unpaired) electrons. The number of rotatable bonds is 5. The third-order valence-corrected chi connectivity index (χ3v) is 3.35. The number of hydrogen-bond acceptors (Lipinski definition) is 3. The van der Waals surface area contributed by atoms with Gasteiger partial charge < -0.3 is 15.4 Å². The molecule has 1 aromatic rings. The van der Waals surface area contributed by atoms with Crippen molar-refractivity contribution in [2.24, 2.45) is 0 Å². The molecular formula is C15H22N2O2. The first-order chi connectivity index (χ1) is 9.29. The van der Waals surface area contributed by atoms with Crippen molar-refractivity contribution in [1.82, 2.24) is 10.6 Å². The van der Waals surface area contributed by atoms with E-state index in [0.717, 1.165) is 18.7 Å². The van der Waals surface area contributed by atoms with Crippen LogP contribution in [0.4, 0.5) is 0 Å². The van der Waals surface area contributed by atoms with Crippen molar-refractivity contribution in [3.63, 3.8) is 0 Å². The Morgan fingerprint density at radius 3 is 2.79 bits per heavy atom. The van der Waals surface area contributed by atoms with E-state index >= 15 is 0 Å². The Hall–Kier alpha value is -1.55. The second kappa shape index (κ2) is 7.14. The van der Waals surface area contributed by atoms with E-state index in [1.165, 1.54) is 12.8 Å². The number of ether oxygens (including phenoxy) is 1. The summed E-state index contributed by atoms with van der Waals surface area (Å²) in [5.74, 6) is 0.781. The summed E-state index contributed by atoms with van der Waals surface area (Å²) in [4.78, 5) is 12.0. The van der Waals surface area contributed by atoms with Gasteiger partial charge in [-0.15, -0.1) is 0 Å². The van der Waals surface area contributed by atoms with Crippen molar-refractivity contribution in [3.8, 4) is 5.75 Å². The van der Waals surface area contributed by atoms with E-state index in [-0.39, 0.29) is 5.91 Å². The lowest BCUT2D eigenvalue weighted by molar-refractivity contribution is 0.0947. The van der Waals surface area contributed by atoms with Gasteiger partial charge in [-0.1, -0.05) is 6.42 Å². The van der Waals surface area contributed by atoms with E-state index < -0.39 is 0 Å². The highest BCUT2D eigenvalue weighted by atomic mass is 16.5. The molecular weight excluding hydrogens is 240 g/mol. The van der Waals surface area contributed by atoms with Crippen LogP contribution in [0.5, 0.6) is 5.75 Å². The largest absolute Gasteiger partial charge is 0.494 e. The monoisotopic (exact) mass is 262 g/mol. The van der Waals surface area contributed by atoms with Gasteiger partial charge in [-0.3, -0.25) is 4.79 Å². The van der Waals surface area contributed by atoms with E-state index in [4.69, 9.17) is 4.74 Å². The number of benzene rings is 1. The molecule has 1 atom stereocenters. The van der Waals surface area contributed by atoms with Gasteiger partial charge in [-0.05, 0) is 50.6 Å². The van der Waals surface area contributed by atoms with Gasteiger partial charge in [-0.25, -0.2) is 0 Å². The highest BCUT2D eigenvalue weighted by Gasteiger charge is 2.13. The minimum absolute atomic E-state index is 0.0181. The summed E-state index contributed by atoms with van der Waals surface area (Å²) < 4.78 is 5.35. The Bertz CT molecular complexity index is 397. The Kier molecular flexibility index (Phi) is 5.21. The van der Waals surface area contributed by atoms with E-state index in [1.807, 2.05) is 19.1 Å². The van der Waals surface area contributed by atoms with Crippen LogP contribution in [-0.4, -0.2) is 31.6 Å². The number of hydrogen-bond donors (Lipinski definition) is 2. The van der Waals surface area contributed by atoms with Gasteiger partial charge in [0.2, 0.25) is 0 Å². The minimum atomic E-state index is -0.0181. The molecule has 1 aromatic carbocycles. The molecule has 0 bridgehead atoms. The summed E-state index contributed by atoms with van der Waals surface area (Å²) in [5.41, 5.74) is 0.680. The zero-order valence-electron chi connectivity index (χ0n) is 11.4. The second-order valence-corrected chi connectivity index (χ2v) is 4.81. The molecule has 1 amide bonds. The fourth-order valence-electron chi connectivity index (χ4n) is 2.29. The number of piperidine rings is 1. The number of carbonyl (C=O) groups is 1. The minimum Gasteiger partial charge on any atom is -0.494 e. The predicted octanol–water partition coefficient (Wildman–Crippen LogP) is 1.96. The van der Waals surface area contributed by atoms with E-state index in [0.29, 0.717) is 24.8 Å². The quantitative estimate of drug-likeness (QED) is 0.853. The molecule has 0 aromatic heterocycles. The molecule has 19 heavy (non-hydrogen) atoms. The molecule has 1 aliphatic heterocycles. The molecule has 1 saturated heterocycles. The fourth-order valence-corrected chi connectivity index (χ4v) is 2.29. The summed E-state index contributed by atoms with van der Waals surface area (Å²) in [7, 11) is 0. The summed E-state index contributed by atoms with van der Waals surface area (Å²) in [6, 6.07) is 7.68. The van der Waals surface area contributed by atoms with Crippen LogP contribution in [0.1, 0.15) is 36.5 Å². The average Bonchev–Trinajstić information content (AvgIpc) is 2.47. The Labute approximate surface area is 114 Å². The maximum absolute atomic E-state index is 12.0. The molecule has 104 valence electrons. The molecule has 1 heterocycles. The second-order valence-electron chi connectivity index (χ2n) is 4.81. The lowest BCUT2D eigenvalue weighted by Crippen LogP contribution is -2.43. The van der Waals surface area contributed by atoms with Gasteiger partial charge in [-0.2, -0.15) is 0 Å². The van der Waals surface area contributed by atoms with Crippen molar-refractivity contribution in [3.05, 3.63) is 29.8 Å². The summed E-state index contributed by atoms with van der Waals surface area (Å²) in [6.45, 7) is 4.34. The van der Waals surface area contributed by atoms with E-state index in [1.54, 1.807) is 12.1 Å². The predicted molar refractivity (Wildman–Crippen MR) is 75.6 cm³/mol. The molecule has 0 aliphatic carbocycles. The summed E-state index contributed by atoms with van der Waals surface area (Å²) >= 11 is 0. The van der Waals surface area contributed by atoms with Crippen LogP contribution < -0.4 is 15.4 Å². The summed E-state index contributed by atoms with van der Waals surface area (Å²) in [5, 5.41) is 6.39. The molecule has 0 spiro atoms. The smallest absolute Gasteiger partial charge is 0.251 e. The number of amides is 1. The van der Waals surface area contributed by atoms with E-state index in [9.17, 15) is 4.79 Å². The third kappa shape index (κ3) is 4.24. The average molecular weight is 262 g/mol. The van der Waals surface area contributed by atoms with Crippen molar-refractivity contribution in [2.75, 3.05) is 19.7 Å². The van der Waals surface area contributed by atoms with Crippen LogP contribution in [0.25, 0.3) is 0 Å². The van der Waals surface area contributed by atoms with Gasteiger partial charge >= 0.3 is 0 Å². The van der Waals surface area contributed by atoms with Crippen molar-refractivity contribution < 1.29 is 9.53 Å². The zero-order chi connectivity index (χ0) is 13.5. The Morgan fingerprint density at radius 1 is 1.37 bits per heavy atom. The molecule has 2 rings (SSSR count). The maximum Gasteiger partial charge on any atom is 0.251 e. The lowest BCUT2D eigenvalue weighted by Gasteiger charge is -2.23. The highest BCUT2D eigenvalue weighted by Crippen LogP contribution is 2.12. The highest BCUT2D eigenvalue weighted by molar-refractivity contribution is 5.94. The van der Waals surface area contributed by atoms with Crippen LogP contribution in [-0.2, 0) is 0 Å². The lowest BCUT2D eigenvalue weighted by atomic mass is 10.1. The number of nitrogens with one attached hydrogen (secondary N) is 2. The van der Waals surface area contributed by atoms with Crippen LogP contribution in [0, 0.1) is 0 Å². The molecule has 0 saturated carbocycles. The molecule has 4 nitrogen and oxygen atoms in total. The Morgan fingerprint density at radius 2 is 2.16 bits per heavy atom. The maximum atomic E-state index is 12.0. The topological polar surface area (TPSA) is 50.4 Å². The van der Waals surface area contributed by atoms with Crippen molar-refractivity contribution in [2.45, 2.75) is 32.2 Å². The fraction of sp³-hybridized carbons (Fsp3) is 0.533. The summed E-state index contributed by atoms with van der Waals surface area (Å²) in [6.07, 6.45) is 3.63. The van der Waals surface area contributed by atoms with Crippen molar-refractivity contribution >= 4 is 5.91 Å². The first kappa shape index (κ1) is 13.9. The van der Waals surface area contributed by atoms with Crippen molar-refractivity contribution in [1.29, 1.82) is 0 Å². The Balaban J connectivity index is 1.81. The van der Waals surface area contributed by atoms with Crippen LogP contribution >= 0.6 is 0 Å². The molecule has 1 aliphatic rings. The van der Waals surface area contributed by atoms with Crippen LogP contribution in [0.3, 0.4) is 0 Å². The van der Waals surface area contributed by atoms with Crippen LogP contribution in [0.15, 0.2) is 24.3 Å². The molecule has 1 fully saturated rings. The van der Waals surface area contributed by atoms with Gasteiger partial charge in [0, 0.05) is 18.2 Å². The zero-order valence-corrected chi connectivity index (χ0v) is 11.4. The van der Waals surface area contributed by atoms with Gasteiger partial charge in [0.1, 0.15) is 5.75 Å². The van der Waals surface area contributed by atoms with E-state index in [2.05, 4.69) is 10.6 Å². The number of carbonyl (C=O) groups excluding carboxylic acids is 1. The molecule has 2 N–H and O–H groups in total. The first-order valence-corrected chi connectivity index (χ1v) is 7.04. The first-order valence-electron chi connectivity index (χ1n) is 7.04. The SMILES string of the molecule is CCOc1ccc(C(=O)NCC2CCCCN2)cc1. The van der Waals surface area contributed by atoms with Gasteiger partial charge in [0.25, 0.3) is 5.91 Å².